The van der Waals surface area contributed by atoms with Crippen molar-refractivity contribution in [2.24, 2.45) is 0 Å². The smallest absolute Gasteiger partial charge is 0.304 e. The molecule has 19 heavy (non-hydrogen) atoms. The van der Waals surface area contributed by atoms with Gasteiger partial charge in [-0.25, -0.2) is 0 Å². The Morgan fingerprint density at radius 2 is 2.37 bits per heavy atom. The average Bonchev–Trinajstić information content (AvgIpc) is 2.83. The van der Waals surface area contributed by atoms with E-state index in [1.807, 2.05) is 4.90 Å². The normalized spacial score (nSPS) is 21.4. The Morgan fingerprint density at radius 3 is 2.95 bits per heavy atom. The monoisotopic (exact) mass is 286 g/mol. The first kappa shape index (κ1) is 14.2. The van der Waals surface area contributed by atoms with Crippen LogP contribution in [0.5, 0.6) is 0 Å². The van der Waals surface area contributed by atoms with Gasteiger partial charge in [-0.2, -0.15) is 0 Å². The van der Waals surface area contributed by atoms with Gasteiger partial charge in [0.05, 0.1) is 23.7 Å². The first-order chi connectivity index (χ1) is 9.04. The topological polar surface area (TPSA) is 86.8 Å². The van der Waals surface area contributed by atoms with Crippen LogP contribution < -0.4 is 4.90 Å². The third-order valence-electron chi connectivity index (χ3n) is 3.42. The minimum absolute atomic E-state index is 0.000926. The summed E-state index contributed by atoms with van der Waals surface area (Å²) in [5, 5.41) is 30.7. The van der Waals surface area contributed by atoms with Crippen LogP contribution in [0.25, 0.3) is 0 Å². The molecule has 0 radical (unpaired) electrons. The first-order valence-electron chi connectivity index (χ1n) is 6.38. The third-order valence-corrected chi connectivity index (χ3v) is 4.75. The van der Waals surface area contributed by atoms with Crippen LogP contribution in [0.2, 0.25) is 0 Å². The molecule has 2 N–H and O–H groups in total. The molecule has 0 saturated carbocycles. The Balaban J connectivity index is 2.38. The quantitative estimate of drug-likeness (QED) is 0.653. The molecule has 0 bridgehead atoms. The highest BCUT2D eigenvalue weighted by atomic mass is 32.1. The van der Waals surface area contributed by atoms with Crippen molar-refractivity contribution in [1.29, 1.82) is 0 Å². The van der Waals surface area contributed by atoms with E-state index in [-0.39, 0.29) is 18.3 Å². The van der Waals surface area contributed by atoms with Gasteiger partial charge in [-0.1, -0.05) is 0 Å². The molecule has 1 fully saturated rings. The summed E-state index contributed by atoms with van der Waals surface area (Å²) in [7, 11) is 0. The lowest BCUT2D eigenvalue weighted by Gasteiger charge is -2.34. The van der Waals surface area contributed by atoms with Gasteiger partial charge in [-0.05, 0) is 26.2 Å². The van der Waals surface area contributed by atoms with Crippen molar-refractivity contribution in [2.75, 3.05) is 18.1 Å². The van der Waals surface area contributed by atoms with Crippen LogP contribution in [-0.2, 0) is 0 Å². The minimum atomic E-state index is -0.713. The van der Waals surface area contributed by atoms with Crippen LogP contribution in [0.1, 0.15) is 37.2 Å². The van der Waals surface area contributed by atoms with Crippen molar-refractivity contribution in [3.05, 3.63) is 21.1 Å². The second-order valence-corrected chi connectivity index (χ2v) is 5.86. The Labute approximate surface area is 115 Å². The molecule has 0 aliphatic carbocycles. The standard InChI is InChI=1S/C12H18N2O4S/c1-8(16)11-6-10(14(17)18)12(19-11)13-5-3-2-4-9(13)7-15/h6,8-9,15-16H,2-5,7H2,1H3/t8-,9?/m0/s1. The van der Waals surface area contributed by atoms with Gasteiger partial charge in [0.25, 0.3) is 0 Å². The molecule has 0 spiro atoms. The molecule has 1 aromatic rings. The molecule has 2 atom stereocenters. The van der Waals surface area contributed by atoms with Gasteiger partial charge in [0.2, 0.25) is 0 Å². The number of nitro groups is 1. The predicted molar refractivity (Wildman–Crippen MR) is 73.7 cm³/mol. The predicted octanol–water partition coefficient (Wildman–Crippen LogP) is 2.06. The van der Waals surface area contributed by atoms with Crippen LogP contribution in [0.15, 0.2) is 6.07 Å². The molecular formula is C12H18N2O4S. The molecular weight excluding hydrogens is 268 g/mol. The van der Waals surface area contributed by atoms with E-state index in [0.717, 1.165) is 19.3 Å². The van der Waals surface area contributed by atoms with E-state index in [1.54, 1.807) is 6.92 Å². The fraction of sp³-hybridized carbons (Fsp3) is 0.667. The number of anilines is 1. The van der Waals surface area contributed by atoms with E-state index in [0.29, 0.717) is 16.4 Å². The number of thiophene rings is 1. The molecule has 2 heterocycles. The number of aliphatic hydroxyl groups is 2. The van der Waals surface area contributed by atoms with E-state index in [1.165, 1.54) is 17.4 Å². The van der Waals surface area contributed by atoms with Crippen LogP contribution in [0, 0.1) is 10.1 Å². The van der Waals surface area contributed by atoms with Gasteiger partial charge in [0, 0.05) is 17.5 Å². The van der Waals surface area contributed by atoms with Gasteiger partial charge in [-0.15, -0.1) is 11.3 Å². The maximum atomic E-state index is 11.1. The van der Waals surface area contributed by atoms with E-state index in [4.69, 9.17) is 0 Å². The highest BCUT2D eigenvalue weighted by Crippen LogP contribution is 2.42. The summed E-state index contributed by atoms with van der Waals surface area (Å²) < 4.78 is 0. The Bertz CT molecular complexity index is 461. The molecule has 1 saturated heterocycles. The minimum Gasteiger partial charge on any atom is -0.394 e. The average molecular weight is 286 g/mol. The maximum Gasteiger partial charge on any atom is 0.304 e. The summed E-state index contributed by atoms with van der Waals surface area (Å²) in [5.74, 6) is 0. The van der Waals surface area contributed by atoms with E-state index < -0.39 is 11.0 Å². The molecule has 1 aromatic heterocycles. The Kier molecular flexibility index (Phi) is 4.38. The van der Waals surface area contributed by atoms with E-state index >= 15 is 0 Å². The molecule has 1 aliphatic heterocycles. The number of hydrogen-bond acceptors (Lipinski definition) is 6. The number of rotatable bonds is 4. The molecule has 1 aliphatic rings. The highest BCUT2D eigenvalue weighted by Gasteiger charge is 2.30. The molecule has 2 rings (SSSR count). The first-order valence-corrected chi connectivity index (χ1v) is 7.20. The molecule has 7 heteroatoms. The van der Waals surface area contributed by atoms with Crippen LogP contribution in [0.3, 0.4) is 0 Å². The zero-order valence-electron chi connectivity index (χ0n) is 10.8. The lowest BCUT2D eigenvalue weighted by molar-refractivity contribution is -0.383. The van der Waals surface area contributed by atoms with Crippen molar-refractivity contribution in [3.8, 4) is 0 Å². The third kappa shape index (κ3) is 2.88. The fourth-order valence-electron chi connectivity index (χ4n) is 2.39. The van der Waals surface area contributed by atoms with Gasteiger partial charge in [-0.3, -0.25) is 10.1 Å². The molecule has 0 aromatic carbocycles. The summed E-state index contributed by atoms with van der Waals surface area (Å²) in [6.45, 7) is 2.31. The zero-order valence-corrected chi connectivity index (χ0v) is 11.6. The molecule has 6 nitrogen and oxygen atoms in total. The second kappa shape index (κ2) is 5.85. The Morgan fingerprint density at radius 1 is 1.63 bits per heavy atom. The largest absolute Gasteiger partial charge is 0.394 e. The molecule has 1 unspecified atom stereocenters. The van der Waals surface area contributed by atoms with Crippen LogP contribution in [-0.4, -0.2) is 34.3 Å². The van der Waals surface area contributed by atoms with Crippen molar-refractivity contribution in [1.82, 2.24) is 0 Å². The summed E-state index contributed by atoms with van der Waals surface area (Å²) in [5.41, 5.74) is 0.0289. The number of aliphatic hydroxyl groups excluding tert-OH is 2. The second-order valence-electron chi connectivity index (χ2n) is 4.80. The summed E-state index contributed by atoms with van der Waals surface area (Å²) >= 11 is 1.24. The van der Waals surface area contributed by atoms with Crippen LogP contribution >= 0.6 is 11.3 Å². The maximum absolute atomic E-state index is 11.1. The van der Waals surface area contributed by atoms with Crippen molar-refractivity contribution < 1.29 is 15.1 Å². The summed E-state index contributed by atoms with van der Waals surface area (Å²) in [4.78, 5) is 13.2. The van der Waals surface area contributed by atoms with Crippen molar-refractivity contribution >= 4 is 22.0 Å². The SMILES string of the molecule is C[C@H](O)c1cc([N+](=O)[O-])c(N2CCCCC2CO)s1. The van der Waals surface area contributed by atoms with Crippen LogP contribution in [0.4, 0.5) is 10.7 Å². The number of hydrogen-bond donors (Lipinski definition) is 2. The van der Waals surface area contributed by atoms with E-state index in [9.17, 15) is 20.3 Å². The van der Waals surface area contributed by atoms with Gasteiger partial charge < -0.3 is 15.1 Å². The fourth-order valence-corrected chi connectivity index (χ4v) is 3.55. The van der Waals surface area contributed by atoms with E-state index in [2.05, 4.69) is 0 Å². The van der Waals surface area contributed by atoms with Gasteiger partial charge >= 0.3 is 5.69 Å². The summed E-state index contributed by atoms with van der Waals surface area (Å²) in [6, 6.07) is 1.38. The molecule has 0 amide bonds. The Hall–Kier alpha value is -1.18. The highest BCUT2D eigenvalue weighted by molar-refractivity contribution is 7.16. The molecule has 106 valence electrons. The van der Waals surface area contributed by atoms with Gasteiger partial charge in [0.15, 0.2) is 5.00 Å². The van der Waals surface area contributed by atoms with Crippen molar-refractivity contribution in [3.63, 3.8) is 0 Å². The number of nitrogens with zero attached hydrogens (tertiary/aromatic N) is 2. The number of piperidine rings is 1. The lowest BCUT2D eigenvalue weighted by Crippen LogP contribution is -2.41. The summed E-state index contributed by atoms with van der Waals surface area (Å²) in [6.07, 6.45) is 2.13. The van der Waals surface area contributed by atoms with Gasteiger partial charge in [0.1, 0.15) is 0 Å². The van der Waals surface area contributed by atoms with Crippen molar-refractivity contribution in [2.45, 2.75) is 38.3 Å². The lowest BCUT2D eigenvalue weighted by atomic mass is 10.0. The zero-order chi connectivity index (χ0) is 14.0.